The first-order valence-electron chi connectivity index (χ1n) is 5.80. The Morgan fingerprint density at radius 1 is 1.60 bits per heavy atom. The molecule has 0 saturated carbocycles. The molecule has 2 atom stereocenters. The third-order valence-electron chi connectivity index (χ3n) is 2.75. The summed E-state index contributed by atoms with van der Waals surface area (Å²) in [5.74, 6) is 0.688. The van der Waals surface area contributed by atoms with Gasteiger partial charge in [0, 0.05) is 7.11 Å². The van der Waals surface area contributed by atoms with Gasteiger partial charge in [0.25, 0.3) is 0 Å². The van der Waals surface area contributed by atoms with Crippen molar-refractivity contribution in [1.82, 2.24) is 0 Å². The highest BCUT2D eigenvalue weighted by atomic mass is 16.5. The second-order valence-electron chi connectivity index (χ2n) is 4.31. The van der Waals surface area contributed by atoms with Gasteiger partial charge in [-0.3, -0.25) is 0 Å². The van der Waals surface area contributed by atoms with Gasteiger partial charge in [-0.1, -0.05) is 37.3 Å². The Morgan fingerprint density at radius 3 is 3.07 bits per heavy atom. The maximum Gasteiger partial charge on any atom is 0.0546 e. The highest BCUT2D eigenvalue weighted by Gasteiger charge is 2.01. The molecular formula is C14H22O. The van der Waals surface area contributed by atoms with Crippen molar-refractivity contribution < 1.29 is 4.74 Å². The molecular weight excluding hydrogens is 184 g/mol. The Labute approximate surface area is 93.5 Å². The van der Waals surface area contributed by atoms with Crippen LogP contribution in [0.25, 0.3) is 0 Å². The Bertz CT molecular complexity index is 261. The van der Waals surface area contributed by atoms with Gasteiger partial charge in [0.15, 0.2) is 0 Å². The lowest BCUT2D eigenvalue weighted by molar-refractivity contribution is 0.112. The van der Waals surface area contributed by atoms with Crippen molar-refractivity contribution in [3.05, 3.63) is 36.0 Å². The van der Waals surface area contributed by atoms with Crippen molar-refractivity contribution in [2.75, 3.05) is 7.11 Å². The zero-order chi connectivity index (χ0) is 11.1. The number of hydrogen-bond acceptors (Lipinski definition) is 1. The molecule has 0 saturated heterocycles. The van der Waals surface area contributed by atoms with Crippen LogP contribution in [0.4, 0.5) is 0 Å². The molecule has 1 heteroatoms. The lowest BCUT2D eigenvalue weighted by Crippen LogP contribution is -2.02. The fourth-order valence-electron chi connectivity index (χ4n) is 1.65. The Morgan fingerprint density at radius 2 is 2.40 bits per heavy atom. The Balaban J connectivity index is 2.29. The first-order valence-corrected chi connectivity index (χ1v) is 5.80. The number of methoxy groups -OCH3 is 1. The SMILES string of the molecule is COC(C)CC/C=C/C1=CC(C)CC=C1. The van der Waals surface area contributed by atoms with Gasteiger partial charge in [-0.25, -0.2) is 0 Å². The molecule has 0 amide bonds. The summed E-state index contributed by atoms with van der Waals surface area (Å²) in [6.45, 7) is 4.36. The fourth-order valence-corrected chi connectivity index (χ4v) is 1.65. The maximum atomic E-state index is 5.20. The third kappa shape index (κ3) is 4.98. The molecule has 1 rings (SSSR count). The van der Waals surface area contributed by atoms with Crippen LogP contribution in [0.15, 0.2) is 36.0 Å². The summed E-state index contributed by atoms with van der Waals surface area (Å²) in [6.07, 6.45) is 15.0. The number of rotatable bonds is 5. The molecule has 0 aromatic carbocycles. The molecule has 1 aliphatic rings. The second kappa shape index (κ2) is 6.62. The van der Waals surface area contributed by atoms with Crippen LogP contribution in [0.2, 0.25) is 0 Å². The first kappa shape index (κ1) is 12.3. The van der Waals surface area contributed by atoms with E-state index in [4.69, 9.17) is 4.74 Å². The third-order valence-corrected chi connectivity index (χ3v) is 2.75. The van der Waals surface area contributed by atoms with E-state index in [1.165, 1.54) is 12.0 Å². The van der Waals surface area contributed by atoms with Gasteiger partial charge in [-0.05, 0) is 37.7 Å². The molecule has 0 bridgehead atoms. The van der Waals surface area contributed by atoms with Crippen molar-refractivity contribution in [3.63, 3.8) is 0 Å². The summed E-state index contributed by atoms with van der Waals surface area (Å²) < 4.78 is 5.20. The van der Waals surface area contributed by atoms with Crippen LogP contribution < -0.4 is 0 Å². The molecule has 0 aliphatic heterocycles. The van der Waals surface area contributed by atoms with Gasteiger partial charge in [-0.15, -0.1) is 0 Å². The van der Waals surface area contributed by atoms with Gasteiger partial charge < -0.3 is 4.74 Å². The monoisotopic (exact) mass is 206 g/mol. The summed E-state index contributed by atoms with van der Waals surface area (Å²) in [5.41, 5.74) is 1.35. The van der Waals surface area contributed by atoms with E-state index in [-0.39, 0.29) is 0 Å². The number of ether oxygens (including phenoxy) is 1. The molecule has 1 nitrogen and oxygen atoms in total. The van der Waals surface area contributed by atoms with E-state index in [0.717, 1.165) is 12.8 Å². The molecule has 0 N–H and O–H groups in total. The standard InChI is InChI=1S/C14H22O/c1-12-7-6-10-14(11-12)9-5-4-8-13(2)15-3/h5-6,9-13H,4,7-8H2,1-3H3/b9-5+. The van der Waals surface area contributed by atoms with Crippen LogP contribution in [0, 0.1) is 5.92 Å². The van der Waals surface area contributed by atoms with E-state index < -0.39 is 0 Å². The molecule has 0 aromatic rings. The molecule has 0 heterocycles. The van der Waals surface area contributed by atoms with Crippen LogP contribution in [-0.2, 0) is 4.74 Å². The van der Waals surface area contributed by atoms with Gasteiger partial charge >= 0.3 is 0 Å². The van der Waals surface area contributed by atoms with Crippen LogP contribution in [0.1, 0.15) is 33.1 Å². The van der Waals surface area contributed by atoms with E-state index in [0.29, 0.717) is 12.0 Å². The predicted octanol–water partition coefficient (Wildman–Crippen LogP) is 3.88. The molecule has 2 unspecified atom stereocenters. The minimum Gasteiger partial charge on any atom is -0.382 e. The summed E-state index contributed by atoms with van der Waals surface area (Å²) in [4.78, 5) is 0. The van der Waals surface area contributed by atoms with E-state index in [1.807, 2.05) is 0 Å². The predicted molar refractivity (Wildman–Crippen MR) is 65.8 cm³/mol. The van der Waals surface area contributed by atoms with Crippen molar-refractivity contribution in [1.29, 1.82) is 0 Å². The minimum atomic E-state index is 0.365. The highest BCUT2D eigenvalue weighted by Crippen LogP contribution is 2.16. The van der Waals surface area contributed by atoms with Crippen molar-refractivity contribution in [2.24, 2.45) is 5.92 Å². The molecule has 15 heavy (non-hydrogen) atoms. The van der Waals surface area contributed by atoms with Crippen molar-refractivity contribution >= 4 is 0 Å². The van der Waals surface area contributed by atoms with Gasteiger partial charge in [0.05, 0.1) is 6.10 Å². The van der Waals surface area contributed by atoms with Crippen LogP contribution in [0.5, 0.6) is 0 Å². The van der Waals surface area contributed by atoms with Crippen LogP contribution in [0.3, 0.4) is 0 Å². The number of allylic oxidation sites excluding steroid dienone is 6. The molecule has 0 aromatic heterocycles. The zero-order valence-corrected chi connectivity index (χ0v) is 10.1. The first-order chi connectivity index (χ1) is 7.22. The van der Waals surface area contributed by atoms with Crippen LogP contribution >= 0.6 is 0 Å². The van der Waals surface area contributed by atoms with E-state index in [1.54, 1.807) is 7.11 Å². The zero-order valence-electron chi connectivity index (χ0n) is 10.1. The molecule has 1 aliphatic carbocycles. The van der Waals surface area contributed by atoms with Crippen molar-refractivity contribution in [3.8, 4) is 0 Å². The molecule has 0 radical (unpaired) electrons. The molecule has 0 fully saturated rings. The summed E-state index contributed by atoms with van der Waals surface area (Å²) in [5, 5.41) is 0. The maximum absolute atomic E-state index is 5.20. The summed E-state index contributed by atoms with van der Waals surface area (Å²) in [6, 6.07) is 0. The summed E-state index contributed by atoms with van der Waals surface area (Å²) >= 11 is 0. The van der Waals surface area contributed by atoms with Crippen molar-refractivity contribution in [2.45, 2.75) is 39.2 Å². The lowest BCUT2D eigenvalue weighted by Gasteiger charge is -2.09. The van der Waals surface area contributed by atoms with E-state index in [9.17, 15) is 0 Å². The second-order valence-corrected chi connectivity index (χ2v) is 4.31. The molecule has 84 valence electrons. The van der Waals surface area contributed by atoms with Gasteiger partial charge in [-0.2, -0.15) is 0 Å². The Kier molecular flexibility index (Phi) is 5.41. The average molecular weight is 206 g/mol. The Hall–Kier alpha value is -0.820. The average Bonchev–Trinajstić information content (AvgIpc) is 2.24. The quantitative estimate of drug-likeness (QED) is 0.663. The van der Waals surface area contributed by atoms with E-state index in [2.05, 4.69) is 44.2 Å². The fraction of sp³-hybridized carbons (Fsp3) is 0.571. The minimum absolute atomic E-state index is 0.365. The largest absolute Gasteiger partial charge is 0.382 e. The lowest BCUT2D eigenvalue weighted by atomic mass is 9.97. The van der Waals surface area contributed by atoms with Gasteiger partial charge in [0.2, 0.25) is 0 Å². The smallest absolute Gasteiger partial charge is 0.0546 e. The van der Waals surface area contributed by atoms with Gasteiger partial charge in [0.1, 0.15) is 0 Å². The highest BCUT2D eigenvalue weighted by molar-refractivity contribution is 5.33. The van der Waals surface area contributed by atoms with Crippen LogP contribution in [-0.4, -0.2) is 13.2 Å². The van der Waals surface area contributed by atoms with E-state index >= 15 is 0 Å². The number of hydrogen-bond donors (Lipinski definition) is 0. The topological polar surface area (TPSA) is 9.23 Å². The normalized spacial score (nSPS) is 23.1. The summed E-state index contributed by atoms with van der Waals surface area (Å²) in [7, 11) is 1.77. The molecule has 0 spiro atoms.